The fraction of sp³-hybridized carbons (Fsp3) is 0.0526. The van der Waals surface area contributed by atoms with Gasteiger partial charge in [-0.25, -0.2) is 0 Å². The molecule has 1 heterocycles. The summed E-state index contributed by atoms with van der Waals surface area (Å²) in [6.45, 7) is 1.83. The lowest BCUT2D eigenvalue weighted by atomic mass is 9.99. The van der Waals surface area contributed by atoms with E-state index in [4.69, 9.17) is 11.6 Å². The van der Waals surface area contributed by atoms with Gasteiger partial charge in [-0.3, -0.25) is 4.79 Å². The minimum absolute atomic E-state index is 0.0611. The van der Waals surface area contributed by atoms with Crippen molar-refractivity contribution in [3.63, 3.8) is 0 Å². The summed E-state index contributed by atoms with van der Waals surface area (Å²) in [6.07, 6.45) is 1.53. The molecule has 0 unspecified atom stereocenters. The predicted molar refractivity (Wildman–Crippen MR) is 92.4 cm³/mol. The number of halogens is 1. The molecular formula is C19H13ClN2O. The number of hydrogen-bond acceptors (Lipinski definition) is 2. The number of allylic oxidation sites excluding steroid dienone is 1. The highest BCUT2D eigenvalue weighted by Crippen LogP contribution is 2.26. The smallest absolute Gasteiger partial charge is 0.205 e. The number of nitrogens with one attached hydrogen (secondary N) is 1. The first-order valence-electron chi connectivity index (χ1n) is 7.10. The average Bonchev–Trinajstić information content (AvgIpc) is 2.89. The maximum absolute atomic E-state index is 12.8. The third-order valence-electron chi connectivity index (χ3n) is 3.69. The molecule has 0 atom stereocenters. The second-order valence-corrected chi connectivity index (χ2v) is 5.60. The largest absolute Gasteiger partial charge is 0.358 e. The number of aromatic amines is 1. The standard InChI is InChI=1S/C19H13ClN2O/c1-12-18(15-7-3-5-9-17(15)22-12)19(23)14(11-21)10-13-6-2-4-8-16(13)20/h2-10,22H,1H3/b14-10-. The summed E-state index contributed by atoms with van der Waals surface area (Å²) in [5, 5.41) is 10.7. The molecule has 2 aromatic carbocycles. The summed E-state index contributed by atoms with van der Waals surface area (Å²) in [4.78, 5) is 16.0. The molecule has 0 saturated carbocycles. The van der Waals surface area contributed by atoms with Crippen LogP contribution in [-0.4, -0.2) is 10.8 Å². The van der Waals surface area contributed by atoms with Crippen LogP contribution in [0.2, 0.25) is 5.02 Å². The quantitative estimate of drug-likeness (QED) is 0.423. The number of benzene rings is 2. The van der Waals surface area contributed by atoms with E-state index >= 15 is 0 Å². The van der Waals surface area contributed by atoms with E-state index in [1.807, 2.05) is 43.3 Å². The Bertz CT molecular complexity index is 976. The predicted octanol–water partition coefficient (Wildman–Crippen LogP) is 4.92. The Morgan fingerprint density at radius 2 is 1.87 bits per heavy atom. The summed E-state index contributed by atoms with van der Waals surface area (Å²) in [7, 11) is 0. The molecule has 112 valence electrons. The molecule has 0 aliphatic rings. The third-order valence-corrected chi connectivity index (χ3v) is 4.03. The molecule has 3 nitrogen and oxygen atoms in total. The number of carbonyl (C=O) groups is 1. The Balaban J connectivity index is 2.12. The number of carbonyl (C=O) groups excluding carboxylic acids is 1. The van der Waals surface area contributed by atoms with Gasteiger partial charge in [-0.1, -0.05) is 48.0 Å². The number of nitrogens with zero attached hydrogens (tertiary/aromatic N) is 1. The van der Waals surface area contributed by atoms with E-state index in [0.717, 1.165) is 16.6 Å². The van der Waals surface area contributed by atoms with E-state index in [9.17, 15) is 10.1 Å². The summed E-state index contributed by atoms with van der Waals surface area (Å²) in [5.74, 6) is -0.303. The zero-order chi connectivity index (χ0) is 16.4. The monoisotopic (exact) mass is 320 g/mol. The van der Waals surface area contributed by atoms with Crippen molar-refractivity contribution in [2.24, 2.45) is 0 Å². The number of aryl methyl sites for hydroxylation is 1. The summed E-state index contributed by atoms with van der Waals surface area (Å²) >= 11 is 6.11. The van der Waals surface area contributed by atoms with E-state index in [0.29, 0.717) is 16.1 Å². The molecule has 0 spiro atoms. The zero-order valence-electron chi connectivity index (χ0n) is 12.4. The van der Waals surface area contributed by atoms with Gasteiger partial charge in [0.15, 0.2) is 0 Å². The van der Waals surface area contributed by atoms with Crippen molar-refractivity contribution >= 4 is 34.4 Å². The highest BCUT2D eigenvalue weighted by molar-refractivity contribution is 6.32. The summed E-state index contributed by atoms with van der Waals surface area (Å²) < 4.78 is 0. The number of hydrogen-bond donors (Lipinski definition) is 1. The molecule has 0 bridgehead atoms. The maximum atomic E-state index is 12.8. The first-order valence-corrected chi connectivity index (χ1v) is 7.48. The Hall–Kier alpha value is -2.83. The first kappa shape index (κ1) is 15.1. The first-order chi connectivity index (χ1) is 11.1. The molecule has 3 aromatic rings. The van der Waals surface area contributed by atoms with Crippen LogP contribution in [-0.2, 0) is 0 Å². The van der Waals surface area contributed by atoms with E-state index in [1.54, 1.807) is 18.2 Å². The molecule has 1 aromatic heterocycles. The Labute approximate surface area is 138 Å². The van der Waals surface area contributed by atoms with E-state index in [-0.39, 0.29) is 11.4 Å². The maximum Gasteiger partial charge on any atom is 0.205 e. The number of Topliss-reactive ketones (excluding diaryl/α,β-unsaturated/α-hetero) is 1. The SMILES string of the molecule is Cc1[nH]c2ccccc2c1C(=O)/C(C#N)=C\c1ccccc1Cl. The van der Waals surface area contributed by atoms with Gasteiger partial charge in [0.05, 0.1) is 5.56 Å². The van der Waals surface area contributed by atoms with Gasteiger partial charge >= 0.3 is 0 Å². The lowest BCUT2D eigenvalue weighted by molar-refractivity contribution is 0.104. The molecule has 0 fully saturated rings. The van der Waals surface area contributed by atoms with Crippen LogP contribution in [0.5, 0.6) is 0 Å². The van der Waals surface area contributed by atoms with Crippen LogP contribution in [0.15, 0.2) is 54.1 Å². The van der Waals surface area contributed by atoms with Gasteiger partial charge in [-0.15, -0.1) is 0 Å². The topological polar surface area (TPSA) is 56.6 Å². The Morgan fingerprint density at radius 1 is 1.17 bits per heavy atom. The van der Waals surface area contributed by atoms with Crippen LogP contribution in [0, 0.1) is 18.3 Å². The minimum Gasteiger partial charge on any atom is -0.358 e. The van der Waals surface area contributed by atoms with Crippen LogP contribution < -0.4 is 0 Å². The molecule has 1 N–H and O–H groups in total. The van der Waals surface area contributed by atoms with Gasteiger partial charge in [0.1, 0.15) is 11.6 Å². The zero-order valence-corrected chi connectivity index (χ0v) is 13.2. The van der Waals surface area contributed by atoms with Crippen LogP contribution in [0.4, 0.5) is 0 Å². The van der Waals surface area contributed by atoms with E-state index in [2.05, 4.69) is 4.98 Å². The molecule has 23 heavy (non-hydrogen) atoms. The highest BCUT2D eigenvalue weighted by Gasteiger charge is 2.19. The average molecular weight is 321 g/mol. The third kappa shape index (κ3) is 2.77. The lowest BCUT2D eigenvalue weighted by Gasteiger charge is -2.02. The molecule has 0 aliphatic carbocycles. The fourth-order valence-electron chi connectivity index (χ4n) is 2.60. The van der Waals surface area contributed by atoms with E-state index in [1.165, 1.54) is 6.08 Å². The van der Waals surface area contributed by atoms with Gasteiger partial charge in [0, 0.05) is 21.6 Å². The number of para-hydroxylation sites is 1. The molecule has 0 aliphatic heterocycles. The normalized spacial score (nSPS) is 11.4. The van der Waals surface area contributed by atoms with Gasteiger partial charge in [0.25, 0.3) is 0 Å². The number of rotatable bonds is 3. The van der Waals surface area contributed by atoms with Crippen molar-refractivity contribution in [3.8, 4) is 6.07 Å². The second-order valence-electron chi connectivity index (χ2n) is 5.19. The van der Waals surface area contributed by atoms with Crippen LogP contribution >= 0.6 is 11.6 Å². The summed E-state index contributed by atoms with van der Waals surface area (Å²) in [6, 6.07) is 16.7. The van der Waals surface area contributed by atoms with Gasteiger partial charge in [-0.2, -0.15) is 5.26 Å². The Morgan fingerprint density at radius 3 is 2.61 bits per heavy atom. The number of ketones is 1. The molecule has 0 saturated heterocycles. The van der Waals surface area contributed by atoms with Crippen LogP contribution in [0.3, 0.4) is 0 Å². The molecule has 0 radical (unpaired) electrons. The van der Waals surface area contributed by atoms with Crippen molar-refractivity contribution in [3.05, 3.63) is 75.9 Å². The summed E-state index contributed by atoms with van der Waals surface area (Å²) in [5.41, 5.74) is 2.86. The molecule has 4 heteroatoms. The number of aromatic nitrogens is 1. The fourth-order valence-corrected chi connectivity index (χ4v) is 2.79. The van der Waals surface area contributed by atoms with Crippen LogP contribution in [0.1, 0.15) is 21.6 Å². The van der Waals surface area contributed by atoms with Gasteiger partial charge in [-0.05, 0) is 30.7 Å². The Kier molecular flexibility index (Phi) is 4.01. The van der Waals surface area contributed by atoms with Crippen molar-refractivity contribution < 1.29 is 4.79 Å². The molecule has 3 rings (SSSR count). The van der Waals surface area contributed by atoms with Crippen LogP contribution in [0.25, 0.3) is 17.0 Å². The van der Waals surface area contributed by atoms with Crippen molar-refractivity contribution in [2.75, 3.05) is 0 Å². The van der Waals surface area contributed by atoms with Gasteiger partial charge in [0.2, 0.25) is 5.78 Å². The van der Waals surface area contributed by atoms with Gasteiger partial charge < -0.3 is 4.98 Å². The number of H-pyrrole nitrogens is 1. The number of nitriles is 1. The molecular weight excluding hydrogens is 308 g/mol. The van der Waals surface area contributed by atoms with E-state index < -0.39 is 0 Å². The highest BCUT2D eigenvalue weighted by atomic mass is 35.5. The van der Waals surface area contributed by atoms with Crippen molar-refractivity contribution in [1.29, 1.82) is 5.26 Å². The number of fused-ring (bicyclic) bond motifs is 1. The molecule has 0 amide bonds. The minimum atomic E-state index is -0.303. The second kappa shape index (κ2) is 6.12. The van der Waals surface area contributed by atoms with Crippen molar-refractivity contribution in [2.45, 2.75) is 6.92 Å². The lowest BCUT2D eigenvalue weighted by Crippen LogP contribution is -2.03. The van der Waals surface area contributed by atoms with Crippen molar-refractivity contribution in [1.82, 2.24) is 4.98 Å².